The molecule has 0 bridgehead atoms. The maximum Gasteiger partial charge on any atom is 0.304 e. The van der Waals surface area contributed by atoms with Crippen molar-refractivity contribution in [1.82, 2.24) is 4.31 Å². The molecule has 0 unspecified atom stereocenters. The molecule has 1 aromatic carbocycles. The van der Waals surface area contributed by atoms with E-state index in [2.05, 4.69) is 0 Å². The number of sulfonamides is 1. The lowest BCUT2D eigenvalue weighted by atomic mass is 10.2. The SMILES string of the molecule is NCCCN(Cc1ccccc1)S(=O)(=O)CCC(=O)O. The monoisotopic (exact) mass is 300 g/mol. The molecule has 0 amide bonds. The first-order valence-corrected chi connectivity index (χ1v) is 8.00. The molecule has 7 heteroatoms. The van der Waals surface area contributed by atoms with Crippen molar-refractivity contribution in [3.05, 3.63) is 35.9 Å². The Bertz CT molecular complexity index is 516. The van der Waals surface area contributed by atoms with Crippen LogP contribution in [0.5, 0.6) is 0 Å². The van der Waals surface area contributed by atoms with E-state index in [9.17, 15) is 13.2 Å². The largest absolute Gasteiger partial charge is 0.481 e. The van der Waals surface area contributed by atoms with Gasteiger partial charge in [0.05, 0.1) is 12.2 Å². The van der Waals surface area contributed by atoms with E-state index >= 15 is 0 Å². The van der Waals surface area contributed by atoms with Gasteiger partial charge >= 0.3 is 5.97 Å². The second-order valence-electron chi connectivity index (χ2n) is 4.42. The van der Waals surface area contributed by atoms with Gasteiger partial charge in [0.1, 0.15) is 0 Å². The zero-order valence-corrected chi connectivity index (χ0v) is 12.1. The van der Waals surface area contributed by atoms with E-state index in [4.69, 9.17) is 10.8 Å². The maximum absolute atomic E-state index is 12.2. The number of carbonyl (C=O) groups is 1. The van der Waals surface area contributed by atoms with E-state index in [0.29, 0.717) is 19.5 Å². The van der Waals surface area contributed by atoms with Crippen LogP contribution in [0.1, 0.15) is 18.4 Å². The summed E-state index contributed by atoms with van der Waals surface area (Å²) in [7, 11) is -3.59. The quantitative estimate of drug-likeness (QED) is 0.697. The lowest BCUT2D eigenvalue weighted by molar-refractivity contribution is -0.136. The minimum atomic E-state index is -3.59. The molecule has 1 aromatic rings. The van der Waals surface area contributed by atoms with Crippen molar-refractivity contribution >= 4 is 16.0 Å². The first-order chi connectivity index (χ1) is 9.45. The summed E-state index contributed by atoms with van der Waals surface area (Å²) in [4.78, 5) is 10.5. The van der Waals surface area contributed by atoms with E-state index in [-0.39, 0.29) is 12.3 Å². The summed E-state index contributed by atoms with van der Waals surface area (Å²) in [5.41, 5.74) is 6.28. The minimum Gasteiger partial charge on any atom is -0.481 e. The fraction of sp³-hybridized carbons (Fsp3) is 0.462. The third-order valence-corrected chi connectivity index (χ3v) is 4.60. The highest BCUT2D eigenvalue weighted by atomic mass is 32.2. The Morgan fingerprint density at radius 3 is 2.45 bits per heavy atom. The summed E-state index contributed by atoms with van der Waals surface area (Å²) in [6.07, 6.45) is 0.148. The number of carboxylic acids is 1. The molecule has 0 heterocycles. The number of carboxylic acid groups (broad SMARTS) is 1. The van der Waals surface area contributed by atoms with Crippen molar-refractivity contribution < 1.29 is 18.3 Å². The molecule has 0 atom stereocenters. The molecule has 0 radical (unpaired) electrons. The summed E-state index contributed by atoms with van der Waals surface area (Å²) < 4.78 is 25.6. The fourth-order valence-corrected chi connectivity index (χ4v) is 3.16. The van der Waals surface area contributed by atoms with Crippen molar-refractivity contribution in [2.45, 2.75) is 19.4 Å². The van der Waals surface area contributed by atoms with Crippen LogP contribution < -0.4 is 5.73 Å². The standard InChI is InChI=1S/C13H20N2O4S/c14-8-4-9-15(11-12-5-2-1-3-6-12)20(18,19)10-7-13(16)17/h1-3,5-6H,4,7-11,14H2,(H,16,17). The van der Waals surface area contributed by atoms with Gasteiger partial charge in [-0.05, 0) is 18.5 Å². The third kappa shape index (κ3) is 5.68. The minimum absolute atomic E-state index is 0.239. The number of hydrogen-bond acceptors (Lipinski definition) is 4. The van der Waals surface area contributed by atoms with Crippen LogP contribution in [0.2, 0.25) is 0 Å². The Labute approximate surface area is 119 Å². The third-order valence-electron chi connectivity index (χ3n) is 2.78. The van der Waals surface area contributed by atoms with Crippen molar-refractivity contribution in [2.24, 2.45) is 5.73 Å². The van der Waals surface area contributed by atoms with Gasteiger partial charge in [-0.15, -0.1) is 0 Å². The number of nitrogens with zero attached hydrogens (tertiary/aromatic N) is 1. The molecule has 3 N–H and O–H groups in total. The van der Waals surface area contributed by atoms with Crippen LogP contribution >= 0.6 is 0 Å². The number of aliphatic carboxylic acids is 1. The Morgan fingerprint density at radius 1 is 1.25 bits per heavy atom. The molecule has 20 heavy (non-hydrogen) atoms. The van der Waals surface area contributed by atoms with Crippen molar-refractivity contribution in [3.63, 3.8) is 0 Å². The van der Waals surface area contributed by atoms with Gasteiger partial charge in [0.25, 0.3) is 0 Å². The Kier molecular flexibility index (Phi) is 6.63. The van der Waals surface area contributed by atoms with Crippen LogP contribution in [0.25, 0.3) is 0 Å². The number of rotatable bonds is 9. The van der Waals surface area contributed by atoms with Gasteiger partial charge in [0.2, 0.25) is 10.0 Å². The molecular weight excluding hydrogens is 280 g/mol. The lowest BCUT2D eigenvalue weighted by Gasteiger charge is -2.21. The molecule has 1 rings (SSSR count). The lowest BCUT2D eigenvalue weighted by Crippen LogP contribution is -2.35. The average molecular weight is 300 g/mol. The van der Waals surface area contributed by atoms with E-state index in [1.165, 1.54) is 4.31 Å². The van der Waals surface area contributed by atoms with Crippen LogP contribution in [0.3, 0.4) is 0 Å². The van der Waals surface area contributed by atoms with Crippen LogP contribution in [0, 0.1) is 0 Å². The van der Waals surface area contributed by atoms with Crippen LogP contribution in [-0.2, 0) is 21.4 Å². The van der Waals surface area contributed by atoms with Crippen molar-refractivity contribution in [3.8, 4) is 0 Å². The Morgan fingerprint density at radius 2 is 1.90 bits per heavy atom. The first-order valence-electron chi connectivity index (χ1n) is 6.39. The van der Waals surface area contributed by atoms with Gasteiger partial charge in [0.15, 0.2) is 0 Å². The second-order valence-corrected chi connectivity index (χ2v) is 6.51. The van der Waals surface area contributed by atoms with Crippen LogP contribution in [0.4, 0.5) is 0 Å². The molecule has 0 aliphatic rings. The molecule has 6 nitrogen and oxygen atoms in total. The number of benzene rings is 1. The molecule has 0 aliphatic carbocycles. The Hall–Kier alpha value is -1.44. The van der Waals surface area contributed by atoms with Gasteiger partial charge in [0, 0.05) is 13.1 Å². The average Bonchev–Trinajstić information content (AvgIpc) is 2.42. The highest BCUT2D eigenvalue weighted by Gasteiger charge is 2.22. The van der Waals surface area contributed by atoms with Gasteiger partial charge in [-0.3, -0.25) is 4.79 Å². The van der Waals surface area contributed by atoms with Crippen LogP contribution in [-0.4, -0.2) is 42.6 Å². The predicted molar refractivity (Wildman–Crippen MR) is 76.6 cm³/mol. The molecule has 0 spiro atoms. The molecule has 112 valence electrons. The first kappa shape index (κ1) is 16.6. The summed E-state index contributed by atoms with van der Waals surface area (Å²) >= 11 is 0. The molecule has 0 saturated heterocycles. The van der Waals surface area contributed by atoms with Gasteiger partial charge < -0.3 is 10.8 Å². The highest BCUT2D eigenvalue weighted by molar-refractivity contribution is 7.89. The van der Waals surface area contributed by atoms with Gasteiger partial charge in [-0.25, -0.2) is 8.42 Å². The van der Waals surface area contributed by atoms with E-state index in [1.807, 2.05) is 30.3 Å². The molecule has 0 saturated carbocycles. The normalized spacial score (nSPS) is 11.7. The zero-order chi connectivity index (χ0) is 15.0. The topological polar surface area (TPSA) is 101 Å². The van der Waals surface area contributed by atoms with Gasteiger partial charge in [-0.2, -0.15) is 4.31 Å². The molecule has 0 aromatic heterocycles. The summed E-state index contributed by atoms with van der Waals surface area (Å²) in [5.74, 6) is -1.51. The van der Waals surface area contributed by atoms with E-state index in [1.54, 1.807) is 0 Å². The summed E-state index contributed by atoms with van der Waals surface area (Å²) in [5, 5.41) is 8.62. The van der Waals surface area contributed by atoms with Gasteiger partial charge in [-0.1, -0.05) is 30.3 Å². The van der Waals surface area contributed by atoms with E-state index in [0.717, 1.165) is 5.56 Å². The number of hydrogen-bond donors (Lipinski definition) is 2. The summed E-state index contributed by atoms with van der Waals surface area (Å²) in [6.45, 7) is 0.926. The molecular formula is C13H20N2O4S. The van der Waals surface area contributed by atoms with Crippen LogP contribution in [0.15, 0.2) is 30.3 Å². The zero-order valence-electron chi connectivity index (χ0n) is 11.2. The van der Waals surface area contributed by atoms with Crippen molar-refractivity contribution in [1.29, 1.82) is 0 Å². The highest BCUT2D eigenvalue weighted by Crippen LogP contribution is 2.11. The Balaban J connectivity index is 2.79. The van der Waals surface area contributed by atoms with Crippen molar-refractivity contribution in [2.75, 3.05) is 18.8 Å². The second kappa shape index (κ2) is 7.98. The molecule has 0 aliphatic heterocycles. The van der Waals surface area contributed by atoms with E-state index < -0.39 is 22.4 Å². The predicted octanol–water partition coefficient (Wildman–Crippen LogP) is 0.642. The smallest absolute Gasteiger partial charge is 0.304 e. The molecule has 0 fully saturated rings. The number of nitrogens with two attached hydrogens (primary N) is 1. The summed E-state index contributed by atoms with van der Waals surface area (Å²) in [6, 6.07) is 9.19. The fourth-order valence-electron chi connectivity index (χ4n) is 1.72. The maximum atomic E-state index is 12.2.